The summed E-state index contributed by atoms with van der Waals surface area (Å²) in [5.74, 6) is 0.884. The van der Waals surface area contributed by atoms with Gasteiger partial charge in [-0.05, 0) is 13.8 Å². The van der Waals surface area contributed by atoms with Gasteiger partial charge in [-0.25, -0.2) is 0 Å². The molecule has 1 heterocycles. The van der Waals surface area contributed by atoms with Crippen LogP contribution in [0.4, 0.5) is 0 Å². The SMILES string of the molecule is CCOC1=N/C(c2ccccc2)=N\C(OCC)=N/C(c2ccccc2)=N\1. The number of benzene rings is 2. The predicted octanol–water partition coefficient (Wildman–Crippen LogP) is 3.68. The molecule has 3 rings (SSSR count). The maximum absolute atomic E-state index is 5.59. The van der Waals surface area contributed by atoms with E-state index in [0.29, 0.717) is 24.9 Å². The Labute approximate surface area is 152 Å². The highest BCUT2D eigenvalue weighted by Gasteiger charge is 2.15. The molecule has 0 aromatic heterocycles. The minimum atomic E-state index is 0.216. The highest BCUT2D eigenvalue weighted by molar-refractivity contribution is 6.16. The Bertz CT molecular complexity index is 782. The summed E-state index contributed by atoms with van der Waals surface area (Å²) >= 11 is 0. The quantitative estimate of drug-likeness (QED) is 0.846. The molecule has 0 unspecified atom stereocenters. The van der Waals surface area contributed by atoms with Crippen molar-refractivity contribution in [2.24, 2.45) is 20.0 Å². The number of hydrogen-bond acceptors (Lipinski definition) is 6. The zero-order valence-corrected chi connectivity index (χ0v) is 14.8. The second-order valence-electron chi connectivity index (χ2n) is 5.26. The summed E-state index contributed by atoms with van der Waals surface area (Å²) in [4.78, 5) is 18.0. The van der Waals surface area contributed by atoms with E-state index in [2.05, 4.69) is 20.0 Å². The first-order valence-electron chi connectivity index (χ1n) is 8.51. The molecule has 6 nitrogen and oxygen atoms in total. The van der Waals surface area contributed by atoms with Gasteiger partial charge in [0.25, 0.3) is 0 Å². The third-order valence-electron chi connectivity index (χ3n) is 3.42. The molecule has 0 fully saturated rings. The van der Waals surface area contributed by atoms with Crippen LogP contribution in [0, 0.1) is 0 Å². The maximum atomic E-state index is 5.59. The van der Waals surface area contributed by atoms with Gasteiger partial charge in [-0.2, -0.15) is 20.0 Å². The van der Waals surface area contributed by atoms with Crippen molar-refractivity contribution in [3.8, 4) is 0 Å². The number of aliphatic imine (C=N–C) groups is 4. The molecule has 0 saturated heterocycles. The van der Waals surface area contributed by atoms with Crippen molar-refractivity contribution in [3.63, 3.8) is 0 Å². The first-order chi connectivity index (χ1) is 12.8. The summed E-state index contributed by atoms with van der Waals surface area (Å²) in [6.45, 7) is 4.64. The van der Waals surface area contributed by atoms with Crippen LogP contribution in [0.1, 0.15) is 25.0 Å². The van der Waals surface area contributed by atoms with Crippen LogP contribution in [-0.2, 0) is 9.47 Å². The lowest BCUT2D eigenvalue weighted by Crippen LogP contribution is -2.17. The Morgan fingerprint density at radius 2 is 0.962 bits per heavy atom. The van der Waals surface area contributed by atoms with E-state index >= 15 is 0 Å². The molecular weight excluding hydrogens is 328 g/mol. The molecule has 2 aromatic rings. The lowest BCUT2D eigenvalue weighted by molar-refractivity contribution is 0.320. The second-order valence-corrected chi connectivity index (χ2v) is 5.26. The van der Waals surface area contributed by atoms with Gasteiger partial charge in [-0.3, -0.25) is 0 Å². The van der Waals surface area contributed by atoms with Gasteiger partial charge in [0.15, 0.2) is 11.7 Å². The van der Waals surface area contributed by atoms with Crippen LogP contribution in [0.5, 0.6) is 0 Å². The fourth-order valence-electron chi connectivity index (χ4n) is 2.28. The molecule has 6 heteroatoms. The molecule has 0 amide bonds. The van der Waals surface area contributed by atoms with Crippen molar-refractivity contribution in [1.82, 2.24) is 0 Å². The molecule has 0 N–H and O–H groups in total. The van der Waals surface area contributed by atoms with Crippen LogP contribution in [0.2, 0.25) is 0 Å². The van der Waals surface area contributed by atoms with Gasteiger partial charge in [-0.15, -0.1) is 0 Å². The molecule has 2 aromatic carbocycles. The summed E-state index contributed by atoms with van der Waals surface area (Å²) in [5, 5.41) is 0. The van der Waals surface area contributed by atoms with E-state index in [4.69, 9.17) is 9.47 Å². The molecule has 0 aliphatic carbocycles. The van der Waals surface area contributed by atoms with Gasteiger partial charge in [0.05, 0.1) is 13.2 Å². The van der Waals surface area contributed by atoms with Crippen molar-refractivity contribution in [3.05, 3.63) is 71.8 Å². The number of hydrogen-bond donors (Lipinski definition) is 0. The van der Waals surface area contributed by atoms with Gasteiger partial charge in [-0.1, -0.05) is 60.7 Å². The first-order valence-corrected chi connectivity index (χ1v) is 8.51. The fourth-order valence-corrected chi connectivity index (χ4v) is 2.28. The molecule has 0 radical (unpaired) electrons. The molecule has 1 aliphatic heterocycles. The zero-order chi connectivity index (χ0) is 18.2. The van der Waals surface area contributed by atoms with Crippen LogP contribution in [0.15, 0.2) is 80.6 Å². The molecule has 0 atom stereocenters. The van der Waals surface area contributed by atoms with Crippen LogP contribution in [0.25, 0.3) is 0 Å². The van der Waals surface area contributed by atoms with Crippen LogP contribution < -0.4 is 0 Å². The van der Waals surface area contributed by atoms with Gasteiger partial charge < -0.3 is 9.47 Å². The fraction of sp³-hybridized carbons (Fsp3) is 0.200. The largest absolute Gasteiger partial charge is 0.464 e. The number of nitrogens with zero attached hydrogens (tertiary/aromatic N) is 4. The minimum absolute atomic E-state index is 0.216. The van der Waals surface area contributed by atoms with E-state index in [0.717, 1.165) is 11.1 Å². The molecule has 1 aliphatic rings. The molecule has 0 saturated carbocycles. The minimum Gasteiger partial charge on any atom is -0.464 e. The lowest BCUT2D eigenvalue weighted by atomic mass is 10.2. The number of rotatable bonds is 4. The van der Waals surface area contributed by atoms with E-state index < -0.39 is 0 Å². The van der Waals surface area contributed by atoms with Crippen molar-refractivity contribution >= 4 is 23.7 Å². The molecule has 0 spiro atoms. The summed E-state index contributed by atoms with van der Waals surface area (Å²) in [6.07, 6.45) is 0. The third-order valence-corrected chi connectivity index (χ3v) is 3.42. The second kappa shape index (κ2) is 8.71. The molecule has 132 valence electrons. The van der Waals surface area contributed by atoms with Gasteiger partial charge in [0.2, 0.25) is 0 Å². The normalized spacial score (nSPS) is 22.2. The number of amidine groups is 4. The van der Waals surface area contributed by atoms with E-state index in [1.165, 1.54) is 0 Å². The van der Waals surface area contributed by atoms with Crippen molar-refractivity contribution < 1.29 is 9.47 Å². The molecular formula is C20H20N4O2. The van der Waals surface area contributed by atoms with Gasteiger partial charge >= 0.3 is 12.0 Å². The highest BCUT2D eigenvalue weighted by atomic mass is 16.5. The van der Waals surface area contributed by atoms with Crippen LogP contribution in [-0.4, -0.2) is 36.9 Å². The summed E-state index contributed by atoms with van der Waals surface area (Å²) in [6, 6.07) is 19.6. The zero-order valence-electron chi connectivity index (χ0n) is 14.8. The topological polar surface area (TPSA) is 67.9 Å². The summed E-state index contributed by atoms with van der Waals surface area (Å²) in [7, 11) is 0. The smallest absolute Gasteiger partial charge is 0.320 e. The average Bonchev–Trinajstić information content (AvgIpc) is 2.66. The summed E-state index contributed by atoms with van der Waals surface area (Å²) in [5.41, 5.74) is 1.66. The highest BCUT2D eigenvalue weighted by Crippen LogP contribution is 2.11. The Hall–Kier alpha value is -3.28. The number of ether oxygens (including phenoxy) is 2. The first kappa shape index (κ1) is 17.5. The molecule has 0 bridgehead atoms. The Kier molecular flexibility index (Phi) is 5.88. The van der Waals surface area contributed by atoms with E-state index in [1.807, 2.05) is 74.5 Å². The predicted molar refractivity (Wildman–Crippen MR) is 104 cm³/mol. The van der Waals surface area contributed by atoms with Crippen molar-refractivity contribution in [2.45, 2.75) is 13.8 Å². The third kappa shape index (κ3) is 4.42. The Morgan fingerprint density at radius 1 is 0.577 bits per heavy atom. The van der Waals surface area contributed by atoms with Gasteiger partial charge in [0.1, 0.15) is 0 Å². The average molecular weight is 348 g/mol. The standard InChI is InChI=1S/C20H20N4O2/c1-3-25-19-21-17(15-11-7-5-8-12-15)23-20(26-4-2)24-18(22-19)16-13-9-6-10-14-16/h5-14H,3-4H2,1-2H3/b21-17-,21-19?,22-18?,22-19+,23-17?,23-20+,24-18-,24-20?. The summed E-state index contributed by atoms with van der Waals surface area (Å²) < 4.78 is 11.2. The van der Waals surface area contributed by atoms with E-state index in [-0.39, 0.29) is 12.0 Å². The Balaban J connectivity index is 2.11. The Morgan fingerprint density at radius 3 is 1.31 bits per heavy atom. The van der Waals surface area contributed by atoms with E-state index in [1.54, 1.807) is 0 Å². The van der Waals surface area contributed by atoms with Crippen LogP contribution >= 0.6 is 0 Å². The van der Waals surface area contributed by atoms with Crippen molar-refractivity contribution in [2.75, 3.05) is 13.2 Å². The van der Waals surface area contributed by atoms with E-state index in [9.17, 15) is 0 Å². The molecule has 26 heavy (non-hydrogen) atoms. The van der Waals surface area contributed by atoms with Crippen LogP contribution in [0.3, 0.4) is 0 Å². The van der Waals surface area contributed by atoms with Gasteiger partial charge in [0, 0.05) is 11.1 Å². The maximum Gasteiger partial charge on any atom is 0.320 e. The monoisotopic (exact) mass is 348 g/mol. The lowest BCUT2D eigenvalue weighted by Gasteiger charge is -2.11. The van der Waals surface area contributed by atoms with Crippen molar-refractivity contribution in [1.29, 1.82) is 0 Å².